The molecule has 0 aliphatic carbocycles. The smallest absolute Gasteiger partial charge is 0.351 e. The number of amides is 2. The fraction of sp³-hybridized carbons (Fsp3) is 0.346. The van der Waals surface area contributed by atoms with Crippen LogP contribution in [0.4, 0.5) is 33.5 Å². The third kappa shape index (κ3) is 7.23. The Bertz CT molecular complexity index is 1650. The number of anilines is 2. The maximum absolute atomic E-state index is 13.7. The van der Waals surface area contributed by atoms with E-state index in [1.54, 1.807) is 6.07 Å². The van der Waals surface area contributed by atoms with Gasteiger partial charge in [0.15, 0.2) is 17.2 Å². The molecule has 0 saturated carbocycles. The van der Waals surface area contributed by atoms with E-state index >= 15 is 0 Å². The lowest BCUT2D eigenvalue weighted by atomic mass is 10.2. The molecule has 0 spiro atoms. The lowest BCUT2D eigenvalue weighted by Gasteiger charge is -2.27. The average Bonchev–Trinajstić information content (AvgIpc) is 3.55. The molecule has 2 amide bonds. The van der Waals surface area contributed by atoms with E-state index in [9.17, 15) is 31.5 Å². The normalized spacial score (nSPS) is 13.7. The molecule has 4 heterocycles. The van der Waals surface area contributed by atoms with Crippen LogP contribution in [0, 0.1) is 0 Å². The molecule has 0 unspecified atom stereocenters. The van der Waals surface area contributed by atoms with Crippen LogP contribution in [-0.2, 0) is 17.5 Å². The Morgan fingerprint density at radius 1 is 1.16 bits per heavy atom. The summed E-state index contributed by atoms with van der Waals surface area (Å²) in [6.45, 7) is 1.23. The third-order valence-electron chi connectivity index (χ3n) is 6.56. The van der Waals surface area contributed by atoms with Crippen molar-refractivity contribution in [2.24, 2.45) is 0 Å². The number of nitrogens with zero attached hydrogens (tertiary/aromatic N) is 5. The van der Waals surface area contributed by atoms with Crippen LogP contribution < -0.4 is 26.6 Å². The van der Waals surface area contributed by atoms with E-state index in [-0.39, 0.29) is 52.8 Å². The van der Waals surface area contributed by atoms with Gasteiger partial charge in [0, 0.05) is 50.5 Å². The van der Waals surface area contributed by atoms with E-state index in [1.165, 1.54) is 28.9 Å². The summed E-state index contributed by atoms with van der Waals surface area (Å²) < 4.78 is 68.6. The van der Waals surface area contributed by atoms with E-state index in [0.717, 1.165) is 25.5 Å². The van der Waals surface area contributed by atoms with Crippen LogP contribution in [0.3, 0.4) is 0 Å². The standard InChI is InChI=1S/C26H26ClF5N10O2/c27-18-7-14(1-2-16(18)25(44)36-4-3-33-11-21(43)38-15-8-34-9-15)39-23-24-37-10-19(42(24)6-5-35-23)17-12-41(13-20(28)29)40-22(17)26(30,31)32/h1-2,5-7,10,12,15,20,33-34H,3-4,8-9,11,13H2,(H,35,39)(H,36,44)(H,38,43). The molecule has 5 N–H and O–H groups in total. The van der Waals surface area contributed by atoms with Gasteiger partial charge in [-0.25, -0.2) is 18.7 Å². The molecule has 4 aromatic rings. The number of halogens is 6. The van der Waals surface area contributed by atoms with Gasteiger partial charge in [-0.15, -0.1) is 0 Å². The molecule has 234 valence electrons. The molecule has 0 atom stereocenters. The van der Waals surface area contributed by atoms with Crippen molar-refractivity contribution in [1.82, 2.24) is 45.4 Å². The number of aromatic nitrogens is 5. The summed E-state index contributed by atoms with van der Waals surface area (Å²) in [6.07, 6.45) is -3.03. The van der Waals surface area contributed by atoms with Crippen molar-refractivity contribution in [1.29, 1.82) is 0 Å². The Balaban J connectivity index is 1.24. The molecular weight excluding hydrogens is 615 g/mol. The minimum Gasteiger partial charge on any atom is -0.351 e. The summed E-state index contributed by atoms with van der Waals surface area (Å²) in [5.74, 6) is -0.402. The van der Waals surface area contributed by atoms with Crippen LogP contribution >= 0.6 is 11.6 Å². The highest BCUT2D eigenvalue weighted by molar-refractivity contribution is 6.34. The predicted molar refractivity (Wildman–Crippen MR) is 150 cm³/mol. The number of carbonyl (C=O) groups is 2. The summed E-state index contributed by atoms with van der Waals surface area (Å²) in [5, 5.41) is 18.0. The molecule has 1 fully saturated rings. The van der Waals surface area contributed by atoms with Crippen LogP contribution in [-0.4, -0.2) is 81.2 Å². The van der Waals surface area contributed by atoms with Crippen molar-refractivity contribution in [3.8, 4) is 11.3 Å². The summed E-state index contributed by atoms with van der Waals surface area (Å²) >= 11 is 6.36. The Kier molecular flexibility index (Phi) is 9.26. The molecule has 0 bridgehead atoms. The second kappa shape index (κ2) is 13.1. The first-order valence-corrected chi connectivity index (χ1v) is 13.7. The van der Waals surface area contributed by atoms with Gasteiger partial charge >= 0.3 is 6.18 Å². The molecule has 12 nitrogen and oxygen atoms in total. The quantitative estimate of drug-likeness (QED) is 0.118. The molecule has 3 aromatic heterocycles. The maximum Gasteiger partial charge on any atom is 0.435 e. The van der Waals surface area contributed by atoms with Gasteiger partial charge in [-0.3, -0.25) is 18.7 Å². The molecule has 1 saturated heterocycles. The number of alkyl halides is 5. The van der Waals surface area contributed by atoms with Crippen molar-refractivity contribution >= 4 is 40.6 Å². The van der Waals surface area contributed by atoms with Gasteiger partial charge in [0.05, 0.1) is 40.6 Å². The number of rotatable bonds is 12. The summed E-state index contributed by atoms with van der Waals surface area (Å²) in [4.78, 5) is 32.8. The second-order valence-corrected chi connectivity index (χ2v) is 10.2. The molecule has 1 aromatic carbocycles. The van der Waals surface area contributed by atoms with Crippen LogP contribution in [0.25, 0.3) is 16.9 Å². The van der Waals surface area contributed by atoms with Crippen LogP contribution in [0.5, 0.6) is 0 Å². The summed E-state index contributed by atoms with van der Waals surface area (Å²) in [5.41, 5.74) is -1.04. The lowest BCUT2D eigenvalue weighted by molar-refractivity contribution is -0.141. The second-order valence-electron chi connectivity index (χ2n) is 9.79. The van der Waals surface area contributed by atoms with E-state index in [2.05, 4.69) is 41.7 Å². The molecule has 5 rings (SSSR count). The number of nitrogens with one attached hydrogen (secondary N) is 5. The zero-order valence-electron chi connectivity index (χ0n) is 22.8. The number of carbonyl (C=O) groups excluding carboxylic acids is 2. The fourth-order valence-corrected chi connectivity index (χ4v) is 4.67. The summed E-state index contributed by atoms with van der Waals surface area (Å²) in [6, 6.07) is 4.66. The highest BCUT2D eigenvalue weighted by Crippen LogP contribution is 2.37. The molecule has 0 radical (unpaired) electrons. The van der Waals surface area contributed by atoms with E-state index in [1.807, 2.05) is 0 Å². The number of hydrogen-bond acceptors (Lipinski definition) is 8. The Morgan fingerprint density at radius 3 is 2.64 bits per heavy atom. The molecule has 1 aliphatic heterocycles. The highest BCUT2D eigenvalue weighted by atomic mass is 35.5. The van der Waals surface area contributed by atoms with Crippen LogP contribution in [0.1, 0.15) is 16.1 Å². The SMILES string of the molecule is O=C(CNCCNC(=O)c1ccc(Nc2nccn3c(-c4cn(CC(F)F)nc4C(F)(F)F)cnc23)cc1Cl)NC1CNC1. The lowest BCUT2D eigenvalue weighted by Crippen LogP contribution is -2.58. The van der Waals surface area contributed by atoms with Gasteiger partial charge in [-0.2, -0.15) is 18.3 Å². The topological polar surface area (TPSA) is 142 Å². The van der Waals surface area contributed by atoms with Gasteiger partial charge in [0.2, 0.25) is 5.91 Å². The van der Waals surface area contributed by atoms with Crippen molar-refractivity contribution < 1.29 is 31.5 Å². The Hall–Kier alpha value is -4.35. The van der Waals surface area contributed by atoms with Gasteiger partial charge < -0.3 is 26.6 Å². The van der Waals surface area contributed by atoms with Crippen molar-refractivity contribution in [3.63, 3.8) is 0 Å². The van der Waals surface area contributed by atoms with Gasteiger partial charge in [0.1, 0.15) is 6.54 Å². The number of fused-ring (bicyclic) bond motifs is 1. The van der Waals surface area contributed by atoms with Crippen molar-refractivity contribution in [2.45, 2.75) is 25.2 Å². The van der Waals surface area contributed by atoms with E-state index < -0.39 is 36.3 Å². The highest BCUT2D eigenvalue weighted by Gasteiger charge is 2.38. The molecule has 18 heteroatoms. The van der Waals surface area contributed by atoms with Crippen molar-refractivity contribution in [3.05, 3.63) is 59.3 Å². The Morgan fingerprint density at radius 2 is 1.95 bits per heavy atom. The van der Waals surface area contributed by atoms with E-state index in [0.29, 0.717) is 16.9 Å². The average molecular weight is 641 g/mol. The molecule has 1 aliphatic rings. The van der Waals surface area contributed by atoms with Gasteiger partial charge in [-0.1, -0.05) is 11.6 Å². The minimum absolute atomic E-state index is 0.0332. The monoisotopic (exact) mass is 640 g/mol. The number of hydrogen-bond donors (Lipinski definition) is 5. The third-order valence-corrected chi connectivity index (χ3v) is 6.87. The molecule has 44 heavy (non-hydrogen) atoms. The minimum atomic E-state index is -4.90. The largest absolute Gasteiger partial charge is 0.435 e. The number of imidazole rings is 1. The van der Waals surface area contributed by atoms with Crippen LogP contribution in [0.15, 0.2) is 43.0 Å². The zero-order valence-corrected chi connectivity index (χ0v) is 23.5. The zero-order chi connectivity index (χ0) is 31.4. The number of benzene rings is 1. The van der Waals surface area contributed by atoms with E-state index in [4.69, 9.17) is 11.6 Å². The maximum atomic E-state index is 13.7. The fourth-order valence-electron chi connectivity index (χ4n) is 4.40. The summed E-state index contributed by atoms with van der Waals surface area (Å²) in [7, 11) is 0. The van der Waals surface area contributed by atoms with Gasteiger partial charge in [0.25, 0.3) is 12.3 Å². The first-order valence-electron chi connectivity index (χ1n) is 13.3. The van der Waals surface area contributed by atoms with Crippen molar-refractivity contribution in [2.75, 3.05) is 38.0 Å². The van der Waals surface area contributed by atoms with Gasteiger partial charge in [-0.05, 0) is 18.2 Å². The Labute approximate surface area is 251 Å². The van der Waals surface area contributed by atoms with Crippen LogP contribution in [0.2, 0.25) is 5.02 Å². The first-order chi connectivity index (χ1) is 21.0. The molecular formula is C26H26ClF5N10O2. The first kappa shape index (κ1) is 31.1. The predicted octanol–water partition coefficient (Wildman–Crippen LogP) is 2.68.